The quantitative estimate of drug-likeness (QED) is 0.620. The van der Waals surface area contributed by atoms with E-state index in [0.717, 1.165) is 18.6 Å². The van der Waals surface area contributed by atoms with Crippen molar-refractivity contribution in [3.05, 3.63) is 29.6 Å². The van der Waals surface area contributed by atoms with Gasteiger partial charge in [-0.3, -0.25) is 0 Å². The van der Waals surface area contributed by atoms with Gasteiger partial charge in [0.25, 0.3) is 0 Å². The number of halogens is 2. The molecule has 1 aromatic heterocycles. The van der Waals surface area contributed by atoms with Crippen LogP contribution in [0, 0.1) is 11.8 Å². The summed E-state index contributed by atoms with van der Waals surface area (Å²) < 4.78 is 40.7. The number of pyridine rings is 1. The standard InChI is InChI=1S/C13H18F2N2OS/c1-13(2,3)19(18)17-8-4-5-10(17)12-9(14)6-7-11(15)16-12/h6-7,10H,4-5,8H2,1-3H3/t10?,19-/m0/s1. The van der Waals surface area contributed by atoms with Gasteiger partial charge >= 0.3 is 0 Å². The number of hydrogen-bond donors (Lipinski definition) is 0. The Bertz CT molecular complexity index is 464. The van der Waals surface area contributed by atoms with Crippen molar-refractivity contribution in [3.8, 4) is 0 Å². The van der Waals surface area contributed by atoms with Crippen LogP contribution in [0.5, 0.6) is 0 Å². The van der Waals surface area contributed by atoms with Crippen molar-refractivity contribution in [3.63, 3.8) is 0 Å². The number of rotatable bonds is 2. The molecule has 2 atom stereocenters. The lowest BCUT2D eigenvalue weighted by Gasteiger charge is -2.33. The van der Waals surface area contributed by atoms with Crippen LogP contribution in [-0.4, -0.2) is 25.1 Å². The van der Waals surface area contributed by atoms with Crippen LogP contribution in [-0.2, 0) is 11.4 Å². The molecule has 0 spiro atoms. The maximum atomic E-state index is 13.8. The van der Waals surface area contributed by atoms with Crippen LogP contribution in [0.2, 0.25) is 0 Å². The molecule has 0 N–H and O–H groups in total. The van der Waals surface area contributed by atoms with Crippen LogP contribution in [0.4, 0.5) is 8.78 Å². The monoisotopic (exact) mass is 288 g/mol. The molecule has 1 fully saturated rings. The zero-order valence-corrected chi connectivity index (χ0v) is 12.1. The first-order chi connectivity index (χ1) is 8.80. The van der Waals surface area contributed by atoms with Gasteiger partial charge in [0, 0.05) is 17.9 Å². The van der Waals surface area contributed by atoms with Crippen LogP contribution < -0.4 is 0 Å². The summed E-state index contributed by atoms with van der Waals surface area (Å²) in [5.74, 6) is -1.24. The average molecular weight is 288 g/mol. The molecule has 1 saturated heterocycles. The van der Waals surface area contributed by atoms with E-state index in [4.69, 9.17) is 0 Å². The van der Waals surface area contributed by atoms with Crippen molar-refractivity contribution in [1.82, 2.24) is 9.29 Å². The predicted octanol–water partition coefficient (Wildman–Crippen LogP) is 2.96. The Labute approximate surface area is 115 Å². The van der Waals surface area contributed by atoms with E-state index in [0.29, 0.717) is 13.0 Å². The van der Waals surface area contributed by atoms with Gasteiger partial charge < -0.3 is 4.55 Å². The molecule has 0 saturated carbocycles. The van der Waals surface area contributed by atoms with E-state index >= 15 is 0 Å². The summed E-state index contributed by atoms with van der Waals surface area (Å²) in [6, 6.07) is 1.67. The number of hydrogen-bond acceptors (Lipinski definition) is 3. The normalized spacial score (nSPS) is 22.7. The first-order valence-corrected chi connectivity index (χ1v) is 7.42. The van der Waals surface area contributed by atoms with E-state index < -0.39 is 33.9 Å². The lowest BCUT2D eigenvalue weighted by Crippen LogP contribution is -2.42. The highest BCUT2D eigenvalue weighted by Crippen LogP contribution is 2.37. The second-order valence-electron chi connectivity index (χ2n) is 5.66. The molecule has 1 aliphatic rings. The summed E-state index contributed by atoms with van der Waals surface area (Å²) in [6.07, 6.45) is 1.46. The zero-order chi connectivity index (χ0) is 14.2. The third kappa shape index (κ3) is 3.07. The Morgan fingerprint density at radius 1 is 1.37 bits per heavy atom. The molecular weight excluding hydrogens is 270 g/mol. The molecule has 0 amide bonds. The van der Waals surface area contributed by atoms with Gasteiger partial charge in [0.15, 0.2) is 0 Å². The maximum Gasteiger partial charge on any atom is 0.213 e. The lowest BCUT2D eigenvalue weighted by molar-refractivity contribution is 0.361. The van der Waals surface area contributed by atoms with E-state index in [1.165, 1.54) is 0 Å². The second-order valence-corrected chi connectivity index (χ2v) is 7.85. The van der Waals surface area contributed by atoms with E-state index in [2.05, 4.69) is 4.98 Å². The van der Waals surface area contributed by atoms with Crippen LogP contribution in [0.1, 0.15) is 45.3 Å². The molecular formula is C13H18F2N2OS. The van der Waals surface area contributed by atoms with Crippen molar-refractivity contribution < 1.29 is 13.3 Å². The van der Waals surface area contributed by atoms with Gasteiger partial charge in [-0.2, -0.15) is 4.39 Å². The lowest BCUT2D eigenvalue weighted by atomic mass is 10.1. The minimum atomic E-state index is -1.25. The molecule has 1 aromatic rings. The minimum Gasteiger partial charge on any atom is -0.597 e. The third-order valence-corrected chi connectivity index (χ3v) is 5.01. The predicted molar refractivity (Wildman–Crippen MR) is 70.7 cm³/mol. The molecule has 0 bridgehead atoms. The Balaban J connectivity index is 2.31. The summed E-state index contributed by atoms with van der Waals surface area (Å²) in [7, 11) is 0. The summed E-state index contributed by atoms with van der Waals surface area (Å²) in [5.41, 5.74) is 0.0649. The summed E-state index contributed by atoms with van der Waals surface area (Å²) in [6.45, 7) is 6.22. The van der Waals surface area contributed by atoms with Crippen molar-refractivity contribution in [2.24, 2.45) is 0 Å². The minimum absolute atomic E-state index is 0.0649. The van der Waals surface area contributed by atoms with Gasteiger partial charge in [-0.15, -0.1) is 4.31 Å². The molecule has 3 nitrogen and oxygen atoms in total. The maximum absolute atomic E-state index is 13.8. The van der Waals surface area contributed by atoms with E-state index in [9.17, 15) is 13.3 Å². The number of nitrogens with zero attached hydrogens (tertiary/aromatic N) is 2. The summed E-state index contributed by atoms with van der Waals surface area (Å²) in [5, 5.41) is 0. The fourth-order valence-corrected chi connectivity index (χ4v) is 3.67. The molecule has 0 aromatic carbocycles. The van der Waals surface area contributed by atoms with Gasteiger partial charge in [-0.05, 0) is 45.7 Å². The van der Waals surface area contributed by atoms with Gasteiger partial charge in [0.05, 0.1) is 0 Å². The molecule has 2 rings (SSSR count). The van der Waals surface area contributed by atoms with Crippen LogP contribution >= 0.6 is 0 Å². The summed E-state index contributed by atoms with van der Waals surface area (Å²) >= 11 is -1.25. The average Bonchev–Trinajstić information content (AvgIpc) is 2.78. The smallest absolute Gasteiger partial charge is 0.213 e. The van der Waals surface area contributed by atoms with E-state index in [-0.39, 0.29) is 5.69 Å². The SMILES string of the molecule is CC(C)(C)[S@+]([O-])N1CCCC1c1nc(F)ccc1F. The highest BCUT2D eigenvalue weighted by molar-refractivity contribution is 7.90. The van der Waals surface area contributed by atoms with E-state index in [1.807, 2.05) is 20.8 Å². The Morgan fingerprint density at radius 2 is 2.05 bits per heavy atom. The molecule has 2 heterocycles. The van der Waals surface area contributed by atoms with Crippen LogP contribution in [0.3, 0.4) is 0 Å². The molecule has 106 valence electrons. The van der Waals surface area contributed by atoms with Crippen LogP contribution in [0.15, 0.2) is 12.1 Å². The van der Waals surface area contributed by atoms with Crippen LogP contribution in [0.25, 0.3) is 0 Å². The third-order valence-electron chi connectivity index (χ3n) is 3.10. The molecule has 1 unspecified atom stereocenters. The van der Waals surface area contributed by atoms with Gasteiger partial charge in [0.1, 0.15) is 22.3 Å². The highest BCUT2D eigenvalue weighted by atomic mass is 32.2. The topological polar surface area (TPSA) is 39.2 Å². The van der Waals surface area contributed by atoms with Gasteiger partial charge in [0.2, 0.25) is 5.95 Å². The molecule has 0 radical (unpaired) electrons. The van der Waals surface area contributed by atoms with Crippen molar-refractivity contribution in [2.45, 2.75) is 44.4 Å². The zero-order valence-electron chi connectivity index (χ0n) is 11.3. The van der Waals surface area contributed by atoms with E-state index in [1.54, 1.807) is 4.31 Å². The van der Waals surface area contributed by atoms with Crippen molar-refractivity contribution in [1.29, 1.82) is 0 Å². The molecule has 6 heteroatoms. The number of aromatic nitrogens is 1. The fourth-order valence-electron chi connectivity index (χ4n) is 2.23. The fraction of sp³-hybridized carbons (Fsp3) is 0.615. The Hall–Kier alpha value is -0.720. The second kappa shape index (κ2) is 5.34. The summed E-state index contributed by atoms with van der Waals surface area (Å²) in [4.78, 5) is 3.65. The highest BCUT2D eigenvalue weighted by Gasteiger charge is 2.42. The molecule has 1 aliphatic heterocycles. The first-order valence-electron chi connectivity index (χ1n) is 6.31. The first kappa shape index (κ1) is 14.7. The molecule has 19 heavy (non-hydrogen) atoms. The Morgan fingerprint density at radius 3 is 2.68 bits per heavy atom. The largest absolute Gasteiger partial charge is 0.597 e. The molecule has 0 aliphatic carbocycles. The van der Waals surface area contributed by atoms with Crippen molar-refractivity contribution >= 4 is 11.4 Å². The van der Waals surface area contributed by atoms with Gasteiger partial charge in [-0.1, -0.05) is 0 Å². The van der Waals surface area contributed by atoms with Gasteiger partial charge in [-0.25, -0.2) is 9.37 Å². The van der Waals surface area contributed by atoms with Crippen molar-refractivity contribution in [2.75, 3.05) is 6.54 Å². The Kier molecular flexibility index (Phi) is 4.13.